The lowest BCUT2D eigenvalue weighted by Gasteiger charge is -2.30. The summed E-state index contributed by atoms with van der Waals surface area (Å²) >= 11 is 1.24. The number of non-ortho nitro benzene ring substituents is 1. The largest absolute Gasteiger partial charge is 0.371 e. The van der Waals surface area contributed by atoms with Gasteiger partial charge in [-0.05, 0) is 31.6 Å². The lowest BCUT2D eigenvalue weighted by Crippen LogP contribution is -2.30. The number of anilines is 1. The Kier molecular flexibility index (Phi) is 5.23. The fourth-order valence-electron chi connectivity index (χ4n) is 3.09. The van der Waals surface area contributed by atoms with Crippen molar-refractivity contribution >= 4 is 23.1 Å². The van der Waals surface area contributed by atoms with Crippen LogP contribution < -0.4 is 10.5 Å². The van der Waals surface area contributed by atoms with Crippen LogP contribution in [0.1, 0.15) is 24.8 Å². The maximum atomic E-state index is 12.3. The van der Waals surface area contributed by atoms with E-state index in [4.69, 9.17) is 0 Å². The number of piperidine rings is 1. The third-order valence-corrected chi connectivity index (χ3v) is 4.93. The molecule has 1 aliphatic heterocycles. The maximum absolute atomic E-state index is 12.3. The van der Waals surface area contributed by atoms with Gasteiger partial charge in [0.1, 0.15) is 11.6 Å². The zero-order valence-corrected chi connectivity index (χ0v) is 15.0. The number of hydrogen-bond donors (Lipinski definition) is 1. The molecule has 1 aliphatic rings. The molecule has 0 atom stereocenters. The summed E-state index contributed by atoms with van der Waals surface area (Å²) in [7, 11) is 0. The van der Waals surface area contributed by atoms with Gasteiger partial charge in [-0.1, -0.05) is 11.8 Å². The highest BCUT2D eigenvalue weighted by Gasteiger charge is 2.23. The fraction of sp³-hybridized carbons (Fsp3) is 0.353. The number of aromatic nitrogens is 2. The van der Waals surface area contributed by atoms with Gasteiger partial charge in [0.2, 0.25) is 0 Å². The number of nitro benzene ring substituents is 1. The maximum Gasteiger partial charge on any atom is 0.270 e. The summed E-state index contributed by atoms with van der Waals surface area (Å²) in [4.78, 5) is 32.1. The molecule has 1 fully saturated rings. The van der Waals surface area contributed by atoms with E-state index in [1.54, 1.807) is 12.3 Å². The van der Waals surface area contributed by atoms with Crippen molar-refractivity contribution in [2.75, 3.05) is 24.2 Å². The van der Waals surface area contributed by atoms with Gasteiger partial charge in [-0.2, -0.15) is 5.26 Å². The van der Waals surface area contributed by atoms with E-state index in [1.165, 1.54) is 23.9 Å². The van der Waals surface area contributed by atoms with Crippen molar-refractivity contribution in [3.05, 3.63) is 44.2 Å². The predicted molar refractivity (Wildman–Crippen MR) is 99.5 cm³/mol. The van der Waals surface area contributed by atoms with Gasteiger partial charge < -0.3 is 9.88 Å². The molecule has 0 unspecified atom stereocenters. The molecule has 2 heterocycles. The Labute approximate surface area is 154 Å². The van der Waals surface area contributed by atoms with Crippen molar-refractivity contribution in [3.8, 4) is 17.3 Å². The van der Waals surface area contributed by atoms with E-state index in [0.717, 1.165) is 38.0 Å². The quantitative estimate of drug-likeness (QED) is 0.380. The zero-order chi connectivity index (χ0) is 18.7. The van der Waals surface area contributed by atoms with Gasteiger partial charge in [0.05, 0.1) is 10.6 Å². The first-order valence-corrected chi connectivity index (χ1v) is 9.39. The molecule has 0 spiro atoms. The number of hydrogen-bond acceptors (Lipinski definition) is 7. The normalized spacial score (nSPS) is 14.1. The minimum Gasteiger partial charge on any atom is -0.371 e. The summed E-state index contributed by atoms with van der Waals surface area (Å²) in [6.45, 7) is 1.65. The van der Waals surface area contributed by atoms with Crippen LogP contribution in [0.15, 0.2) is 28.2 Å². The van der Waals surface area contributed by atoms with E-state index in [1.807, 2.05) is 6.07 Å². The zero-order valence-electron chi connectivity index (χ0n) is 14.2. The van der Waals surface area contributed by atoms with Gasteiger partial charge in [-0.25, -0.2) is 4.98 Å². The van der Waals surface area contributed by atoms with E-state index in [2.05, 4.69) is 14.9 Å². The Morgan fingerprint density at radius 1 is 1.35 bits per heavy atom. The third kappa shape index (κ3) is 3.41. The molecule has 8 nitrogen and oxygen atoms in total. The first-order chi connectivity index (χ1) is 12.5. The predicted octanol–water partition coefficient (Wildman–Crippen LogP) is 2.93. The topological polar surface area (TPSA) is 116 Å². The number of thioether (sulfide) groups is 1. The smallest absolute Gasteiger partial charge is 0.270 e. The van der Waals surface area contributed by atoms with E-state index < -0.39 is 10.5 Å². The van der Waals surface area contributed by atoms with Gasteiger partial charge >= 0.3 is 0 Å². The Morgan fingerprint density at radius 3 is 2.69 bits per heavy atom. The molecule has 3 rings (SSSR count). The monoisotopic (exact) mass is 371 g/mol. The van der Waals surface area contributed by atoms with Crippen molar-refractivity contribution in [1.82, 2.24) is 9.97 Å². The molecule has 0 radical (unpaired) electrons. The summed E-state index contributed by atoms with van der Waals surface area (Å²) in [6.07, 6.45) is 4.95. The number of nitrogens with one attached hydrogen (secondary N) is 1. The molecule has 0 amide bonds. The Balaban J connectivity index is 2.27. The van der Waals surface area contributed by atoms with Gasteiger partial charge in [-0.3, -0.25) is 14.9 Å². The molecule has 0 bridgehead atoms. The van der Waals surface area contributed by atoms with Crippen molar-refractivity contribution in [2.45, 2.75) is 24.4 Å². The summed E-state index contributed by atoms with van der Waals surface area (Å²) in [5, 5.41) is 21.1. The van der Waals surface area contributed by atoms with Crippen LogP contribution in [0.25, 0.3) is 11.3 Å². The number of rotatable bonds is 4. The van der Waals surface area contributed by atoms with Crippen molar-refractivity contribution in [2.24, 2.45) is 0 Å². The summed E-state index contributed by atoms with van der Waals surface area (Å²) in [6, 6.07) is 6.42. The first-order valence-electron chi connectivity index (χ1n) is 8.17. The van der Waals surface area contributed by atoms with E-state index in [9.17, 15) is 20.2 Å². The first kappa shape index (κ1) is 17.9. The van der Waals surface area contributed by atoms with E-state index in [0.29, 0.717) is 10.7 Å². The van der Waals surface area contributed by atoms with Crippen molar-refractivity contribution in [3.63, 3.8) is 0 Å². The van der Waals surface area contributed by atoms with E-state index >= 15 is 0 Å². The Bertz CT molecular complexity index is 944. The van der Waals surface area contributed by atoms with Crippen LogP contribution in [0, 0.1) is 21.4 Å². The fourth-order valence-corrected chi connectivity index (χ4v) is 3.46. The molecule has 26 heavy (non-hydrogen) atoms. The molecular formula is C17H17N5O3S. The van der Waals surface area contributed by atoms with Crippen molar-refractivity contribution in [1.29, 1.82) is 5.26 Å². The SMILES string of the molecule is CSc1nc(-c2cc([N+](=O)[O-])ccc2N2CCCCC2)c(C#N)c(=O)[nH]1. The van der Waals surface area contributed by atoms with Gasteiger partial charge in [0.25, 0.3) is 11.2 Å². The molecule has 2 aromatic rings. The molecule has 9 heteroatoms. The highest BCUT2D eigenvalue weighted by atomic mass is 32.2. The molecule has 0 saturated carbocycles. The Morgan fingerprint density at radius 2 is 2.08 bits per heavy atom. The molecule has 1 aromatic heterocycles. The second-order valence-corrected chi connectivity index (χ2v) is 6.71. The summed E-state index contributed by atoms with van der Waals surface area (Å²) < 4.78 is 0. The molecule has 1 aromatic carbocycles. The lowest BCUT2D eigenvalue weighted by atomic mass is 10.0. The van der Waals surface area contributed by atoms with Gasteiger partial charge in [0.15, 0.2) is 5.16 Å². The van der Waals surface area contributed by atoms with Crippen LogP contribution in [0.3, 0.4) is 0 Å². The number of aromatic amines is 1. The number of nitrogens with zero attached hydrogens (tertiary/aromatic N) is 4. The second-order valence-electron chi connectivity index (χ2n) is 5.92. The van der Waals surface area contributed by atoms with E-state index in [-0.39, 0.29) is 16.9 Å². The highest BCUT2D eigenvalue weighted by molar-refractivity contribution is 7.98. The minimum absolute atomic E-state index is 0.0996. The van der Waals surface area contributed by atoms with Crippen LogP contribution >= 0.6 is 11.8 Å². The molecule has 134 valence electrons. The highest BCUT2D eigenvalue weighted by Crippen LogP contribution is 2.35. The van der Waals surface area contributed by atoms with Crippen LogP contribution in [0.4, 0.5) is 11.4 Å². The minimum atomic E-state index is -0.544. The average Bonchev–Trinajstić information content (AvgIpc) is 2.67. The average molecular weight is 371 g/mol. The van der Waals surface area contributed by atoms with Crippen LogP contribution in [0.5, 0.6) is 0 Å². The molecule has 0 aliphatic carbocycles. The summed E-state index contributed by atoms with van der Waals surface area (Å²) in [5.41, 5.74) is 0.609. The molecule has 1 saturated heterocycles. The molecular weight excluding hydrogens is 354 g/mol. The van der Waals surface area contributed by atoms with Gasteiger partial charge in [-0.15, -0.1) is 0 Å². The second kappa shape index (κ2) is 7.58. The van der Waals surface area contributed by atoms with Crippen LogP contribution in [-0.4, -0.2) is 34.2 Å². The van der Waals surface area contributed by atoms with Crippen molar-refractivity contribution < 1.29 is 4.92 Å². The summed E-state index contributed by atoms with van der Waals surface area (Å²) in [5.74, 6) is 0. The number of nitriles is 1. The van der Waals surface area contributed by atoms with Crippen LogP contribution in [0.2, 0.25) is 0 Å². The standard InChI is InChI=1S/C17H17N5O3S/c1-26-17-19-15(13(10-18)16(23)20-17)12-9-11(22(24)25)5-6-14(12)21-7-3-2-4-8-21/h5-6,9H,2-4,7-8H2,1H3,(H,19,20,23). The number of nitro groups is 1. The third-order valence-electron chi connectivity index (χ3n) is 4.35. The van der Waals surface area contributed by atoms with Crippen LogP contribution in [-0.2, 0) is 0 Å². The lowest BCUT2D eigenvalue weighted by molar-refractivity contribution is -0.384. The number of H-pyrrole nitrogens is 1. The van der Waals surface area contributed by atoms with Gasteiger partial charge in [0, 0.05) is 36.5 Å². The molecule has 1 N–H and O–H groups in total. The number of benzene rings is 1. The Hall–Kier alpha value is -2.86.